The second kappa shape index (κ2) is 9.07. The van der Waals surface area contributed by atoms with Crippen molar-refractivity contribution in [3.05, 3.63) is 70.8 Å². The molecule has 4 fully saturated rings. The first-order valence-electron chi connectivity index (χ1n) is 12.4. The molecule has 0 amide bonds. The number of halogens is 3. The molecule has 0 spiro atoms. The highest BCUT2D eigenvalue weighted by Gasteiger charge is 2.52. The summed E-state index contributed by atoms with van der Waals surface area (Å²) in [7, 11) is 1.75. The summed E-state index contributed by atoms with van der Waals surface area (Å²) < 4.78 is 45.0. The zero-order valence-corrected chi connectivity index (χ0v) is 19.7. The smallest absolute Gasteiger partial charge is 0.416 e. The number of rotatable bonds is 7. The third kappa shape index (κ3) is 4.51. The molecule has 5 heteroatoms. The molecule has 4 bridgehead atoms. The van der Waals surface area contributed by atoms with Gasteiger partial charge in [0.2, 0.25) is 0 Å². The number of alkyl halides is 3. The summed E-state index contributed by atoms with van der Waals surface area (Å²) in [4.78, 5) is 0. The fourth-order valence-corrected chi connectivity index (χ4v) is 7.35. The molecule has 0 atom stereocenters. The van der Waals surface area contributed by atoms with Gasteiger partial charge in [-0.2, -0.15) is 13.2 Å². The van der Waals surface area contributed by atoms with Gasteiger partial charge in [-0.25, -0.2) is 0 Å². The van der Waals surface area contributed by atoms with Gasteiger partial charge < -0.3 is 9.84 Å². The molecule has 0 aromatic heterocycles. The third-order valence-corrected chi connectivity index (χ3v) is 8.43. The Balaban J connectivity index is 1.31. The van der Waals surface area contributed by atoms with Gasteiger partial charge in [0.25, 0.3) is 0 Å². The number of benzene rings is 2. The fraction of sp³-hybridized carbons (Fsp3) is 0.517. The number of aliphatic hydroxyl groups excluding tert-OH is 1. The minimum absolute atomic E-state index is 0.270. The minimum atomic E-state index is -4.40. The number of ether oxygens (including phenoxy) is 1. The van der Waals surface area contributed by atoms with E-state index in [0.717, 1.165) is 47.6 Å². The minimum Gasteiger partial charge on any atom is -0.496 e. The summed E-state index contributed by atoms with van der Waals surface area (Å²) in [6, 6.07) is 11.8. The monoisotopic (exact) mass is 470 g/mol. The maximum atomic E-state index is 13.1. The Hall–Kier alpha value is -2.27. The highest BCUT2D eigenvalue weighted by Crippen LogP contribution is 2.61. The van der Waals surface area contributed by atoms with Crippen LogP contribution >= 0.6 is 0 Å². The van der Waals surface area contributed by atoms with Crippen LogP contribution in [0, 0.1) is 17.8 Å². The molecular weight excluding hydrogens is 437 g/mol. The first-order valence-corrected chi connectivity index (χ1v) is 12.4. The molecule has 182 valence electrons. The predicted octanol–water partition coefficient (Wildman–Crippen LogP) is 7.19. The van der Waals surface area contributed by atoms with E-state index < -0.39 is 11.7 Å². The lowest BCUT2D eigenvalue weighted by Crippen LogP contribution is -2.48. The molecule has 4 aliphatic carbocycles. The van der Waals surface area contributed by atoms with Gasteiger partial charge in [0, 0.05) is 5.56 Å². The van der Waals surface area contributed by atoms with Crippen molar-refractivity contribution < 1.29 is 23.0 Å². The average Bonchev–Trinajstić information content (AvgIpc) is 2.80. The Morgan fingerprint density at radius 2 is 1.71 bits per heavy atom. The highest BCUT2D eigenvalue weighted by atomic mass is 19.4. The van der Waals surface area contributed by atoms with Gasteiger partial charge in [-0.3, -0.25) is 0 Å². The van der Waals surface area contributed by atoms with E-state index in [0.29, 0.717) is 17.6 Å². The molecule has 0 heterocycles. The van der Waals surface area contributed by atoms with Crippen LogP contribution in [0.25, 0.3) is 5.57 Å². The van der Waals surface area contributed by atoms with Crippen molar-refractivity contribution >= 4 is 5.57 Å². The van der Waals surface area contributed by atoms with E-state index in [4.69, 9.17) is 4.74 Å². The fourth-order valence-electron chi connectivity index (χ4n) is 7.35. The van der Waals surface area contributed by atoms with Gasteiger partial charge in [0.15, 0.2) is 0 Å². The molecule has 2 aromatic rings. The van der Waals surface area contributed by atoms with E-state index in [1.54, 1.807) is 13.2 Å². The van der Waals surface area contributed by atoms with Crippen LogP contribution in [0.1, 0.15) is 67.2 Å². The van der Waals surface area contributed by atoms with Crippen molar-refractivity contribution in [2.45, 2.75) is 63.0 Å². The maximum absolute atomic E-state index is 13.1. The van der Waals surface area contributed by atoms with Crippen molar-refractivity contribution in [3.63, 3.8) is 0 Å². The third-order valence-electron chi connectivity index (χ3n) is 8.43. The Morgan fingerprint density at radius 1 is 1.03 bits per heavy atom. The number of aliphatic hydroxyl groups is 1. The molecule has 4 saturated carbocycles. The van der Waals surface area contributed by atoms with Gasteiger partial charge in [-0.1, -0.05) is 30.3 Å². The molecule has 1 N–H and O–H groups in total. The molecule has 2 aromatic carbocycles. The van der Waals surface area contributed by atoms with Gasteiger partial charge in [0.05, 0.1) is 19.3 Å². The van der Waals surface area contributed by atoms with Crippen molar-refractivity contribution in [3.8, 4) is 5.75 Å². The van der Waals surface area contributed by atoms with Crippen molar-refractivity contribution in [2.24, 2.45) is 17.8 Å². The number of hydrogen-bond donors (Lipinski definition) is 1. The lowest BCUT2D eigenvalue weighted by Gasteiger charge is -2.57. The molecule has 0 aliphatic heterocycles. The van der Waals surface area contributed by atoms with E-state index in [9.17, 15) is 18.3 Å². The van der Waals surface area contributed by atoms with E-state index in [1.807, 2.05) is 6.08 Å². The van der Waals surface area contributed by atoms with Crippen LogP contribution in [-0.4, -0.2) is 18.8 Å². The average molecular weight is 471 g/mol. The maximum Gasteiger partial charge on any atom is 0.416 e. The van der Waals surface area contributed by atoms with Crippen molar-refractivity contribution in [1.29, 1.82) is 0 Å². The first kappa shape index (κ1) is 23.5. The van der Waals surface area contributed by atoms with E-state index in [2.05, 4.69) is 18.2 Å². The summed E-state index contributed by atoms with van der Waals surface area (Å²) >= 11 is 0. The highest BCUT2D eigenvalue weighted by molar-refractivity contribution is 5.66. The SMILES string of the molecule is COc1cc(CCC=C(CO)c2cccc(C(F)(F)F)c2)ccc1C12CC3CC(CC(C3)C1)C2. The van der Waals surface area contributed by atoms with Crippen LogP contribution < -0.4 is 4.74 Å². The van der Waals surface area contributed by atoms with Crippen LogP contribution in [-0.2, 0) is 18.0 Å². The quantitative estimate of drug-likeness (QED) is 0.464. The normalized spacial score (nSPS) is 28.4. The number of allylic oxidation sites excluding steroid dienone is 1. The van der Waals surface area contributed by atoms with Crippen LogP contribution in [0.2, 0.25) is 0 Å². The van der Waals surface area contributed by atoms with E-state index in [-0.39, 0.29) is 12.0 Å². The molecule has 4 aliphatic rings. The zero-order chi connectivity index (χ0) is 23.9. The second-order valence-corrected chi connectivity index (χ2v) is 10.7. The van der Waals surface area contributed by atoms with Crippen LogP contribution in [0.4, 0.5) is 13.2 Å². The van der Waals surface area contributed by atoms with Crippen molar-refractivity contribution in [2.75, 3.05) is 13.7 Å². The molecule has 2 nitrogen and oxygen atoms in total. The zero-order valence-electron chi connectivity index (χ0n) is 19.7. The van der Waals surface area contributed by atoms with E-state index in [1.165, 1.54) is 50.2 Å². The standard InChI is InChI=1S/C29H33F3O2/c1-34-27-13-19(4-2-6-24(18-33)23-5-3-7-25(14-23)29(30,31)32)8-9-26(27)28-15-20-10-21(16-28)12-22(11-20)17-28/h3,5-9,13-14,20-22,33H,2,4,10-12,15-18H2,1H3. The summed E-state index contributed by atoms with van der Waals surface area (Å²) in [5, 5.41) is 9.77. The second-order valence-electron chi connectivity index (χ2n) is 10.7. The molecule has 0 radical (unpaired) electrons. The Labute approximate surface area is 199 Å². The summed E-state index contributed by atoms with van der Waals surface area (Å²) in [6.45, 7) is -0.296. The topological polar surface area (TPSA) is 29.5 Å². The van der Waals surface area contributed by atoms with Crippen LogP contribution in [0.5, 0.6) is 5.75 Å². The number of aryl methyl sites for hydroxylation is 1. The summed E-state index contributed by atoms with van der Waals surface area (Å²) in [5.41, 5.74) is 3.01. The lowest BCUT2D eigenvalue weighted by atomic mass is 9.48. The Bertz CT molecular complexity index is 1030. The number of hydrogen-bond acceptors (Lipinski definition) is 2. The van der Waals surface area contributed by atoms with Crippen molar-refractivity contribution in [1.82, 2.24) is 0 Å². The van der Waals surface area contributed by atoms with Crippen LogP contribution in [0.3, 0.4) is 0 Å². The van der Waals surface area contributed by atoms with Gasteiger partial charge in [0.1, 0.15) is 5.75 Å². The molecule has 0 unspecified atom stereocenters. The predicted molar refractivity (Wildman–Crippen MR) is 128 cm³/mol. The molecular formula is C29H33F3O2. The largest absolute Gasteiger partial charge is 0.496 e. The first-order chi connectivity index (χ1) is 16.3. The van der Waals surface area contributed by atoms with E-state index >= 15 is 0 Å². The van der Waals surface area contributed by atoms with Gasteiger partial charge in [-0.15, -0.1) is 0 Å². The number of methoxy groups -OCH3 is 1. The van der Waals surface area contributed by atoms with Gasteiger partial charge in [-0.05, 0) is 109 Å². The van der Waals surface area contributed by atoms with Crippen LogP contribution in [0.15, 0.2) is 48.5 Å². The Kier molecular flexibility index (Phi) is 6.26. The molecule has 34 heavy (non-hydrogen) atoms. The summed E-state index contributed by atoms with van der Waals surface area (Å²) in [6.07, 6.45) is 6.89. The molecule has 0 saturated heterocycles. The summed E-state index contributed by atoms with van der Waals surface area (Å²) in [5.74, 6) is 3.58. The van der Waals surface area contributed by atoms with Gasteiger partial charge >= 0.3 is 6.18 Å². The lowest BCUT2D eigenvalue weighted by molar-refractivity contribution is -0.137. The Morgan fingerprint density at radius 3 is 2.29 bits per heavy atom. The molecule has 6 rings (SSSR count).